The van der Waals surface area contributed by atoms with Gasteiger partial charge in [-0.1, -0.05) is 0 Å². The topological polar surface area (TPSA) is 113 Å². The van der Waals surface area contributed by atoms with Crippen LogP contribution >= 0.6 is 11.8 Å². The number of carbonyl (C=O) groups excluding carboxylic acids is 3. The minimum atomic E-state index is -0.916. The highest BCUT2D eigenvalue weighted by Gasteiger charge is 2.43. The van der Waals surface area contributed by atoms with Crippen molar-refractivity contribution >= 4 is 34.8 Å². The smallest absolute Gasteiger partial charge is 0.345 e. The van der Waals surface area contributed by atoms with Gasteiger partial charge in [0.05, 0.1) is 52.4 Å². The van der Waals surface area contributed by atoms with Crippen molar-refractivity contribution in [2.24, 2.45) is 4.99 Å². The van der Waals surface area contributed by atoms with Crippen LogP contribution in [0.3, 0.4) is 0 Å². The van der Waals surface area contributed by atoms with Crippen molar-refractivity contribution in [3.63, 3.8) is 0 Å². The first kappa shape index (κ1) is 24.2. The van der Waals surface area contributed by atoms with Gasteiger partial charge >= 0.3 is 11.9 Å². The molecule has 0 N–H and O–H groups in total. The predicted octanol–water partition coefficient (Wildman–Crippen LogP) is 2.59. The highest BCUT2D eigenvalue weighted by molar-refractivity contribution is 8.18. The molecule has 1 aromatic rings. The normalized spacial score (nSPS) is 17.6. The maximum absolute atomic E-state index is 13.2. The number of hydrogen-bond donors (Lipinski definition) is 0. The van der Waals surface area contributed by atoms with Gasteiger partial charge in [0.15, 0.2) is 16.7 Å². The second kappa shape index (κ2) is 9.99. The van der Waals surface area contributed by atoms with Gasteiger partial charge in [-0.05, 0) is 43.3 Å². The Labute approximate surface area is 195 Å². The molecular formula is C22H24N2O8S. The van der Waals surface area contributed by atoms with Crippen molar-refractivity contribution in [1.82, 2.24) is 4.90 Å². The van der Waals surface area contributed by atoms with E-state index < -0.39 is 23.9 Å². The summed E-state index contributed by atoms with van der Waals surface area (Å²) in [5, 5.41) is 0.229. The fourth-order valence-corrected chi connectivity index (χ4v) is 4.54. The Morgan fingerprint density at radius 2 is 1.70 bits per heavy atom. The van der Waals surface area contributed by atoms with E-state index in [-0.39, 0.29) is 22.3 Å². The number of amidine groups is 1. The lowest BCUT2D eigenvalue weighted by Crippen LogP contribution is -2.44. The summed E-state index contributed by atoms with van der Waals surface area (Å²) in [6.45, 7) is 3.47. The van der Waals surface area contributed by atoms with Gasteiger partial charge in [0.1, 0.15) is 4.91 Å². The van der Waals surface area contributed by atoms with Gasteiger partial charge in [-0.3, -0.25) is 9.69 Å². The maximum Gasteiger partial charge on any atom is 0.345 e. The van der Waals surface area contributed by atoms with Crippen LogP contribution in [0, 0.1) is 0 Å². The van der Waals surface area contributed by atoms with E-state index in [0.29, 0.717) is 28.5 Å². The van der Waals surface area contributed by atoms with Crippen LogP contribution in [0.5, 0.6) is 17.2 Å². The highest BCUT2D eigenvalue weighted by atomic mass is 32.2. The fraction of sp³-hybridized carbons (Fsp3) is 0.364. The van der Waals surface area contributed by atoms with E-state index in [1.807, 2.05) is 0 Å². The van der Waals surface area contributed by atoms with Crippen molar-refractivity contribution in [1.29, 1.82) is 0 Å². The van der Waals surface area contributed by atoms with E-state index in [0.717, 1.165) is 17.8 Å². The molecule has 176 valence electrons. The number of fused-ring (bicyclic) bond motifs is 1. The SMILES string of the molecule is CCOC(=O)C1=C(C)N=C2SC(C(=O)OC)=CC(=O)N2[C@H]1c1cc(OC)c(OC)c(OC)c1. The third kappa shape index (κ3) is 4.40. The van der Waals surface area contributed by atoms with Crippen LogP contribution in [0.2, 0.25) is 0 Å². The van der Waals surface area contributed by atoms with Gasteiger partial charge in [-0.2, -0.15) is 0 Å². The summed E-state index contributed by atoms with van der Waals surface area (Å²) in [5.74, 6) is -0.755. The summed E-state index contributed by atoms with van der Waals surface area (Å²) in [6.07, 6.45) is 1.16. The van der Waals surface area contributed by atoms with Crippen LogP contribution in [0.4, 0.5) is 0 Å². The molecule has 1 atom stereocenters. The van der Waals surface area contributed by atoms with Gasteiger partial charge in [0.2, 0.25) is 5.75 Å². The van der Waals surface area contributed by atoms with Crippen LogP contribution in [0.25, 0.3) is 0 Å². The monoisotopic (exact) mass is 476 g/mol. The second-order valence-electron chi connectivity index (χ2n) is 6.79. The molecule has 10 nitrogen and oxygen atoms in total. The van der Waals surface area contributed by atoms with Crippen molar-refractivity contribution in [2.75, 3.05) is 35.0 Å². The molecule has 2 heterocycles. The van der Waals surface area contributed by atoms with Crippen molar-refractivity contribution in [3.05, 3.63) is 39.9 Å². The lowest BCUT2D eigenvalue weighted by molar-refractivity contribution is -0.140. The molecule has 0 radical (unpaired) electrons. The molecule has 2 aliphatic rings. The number of rotatable bonds is 7. The molecule has 33 heavy (non-hydrogen) atoms. The molecule has 0 bridgehead atoms. The Morgan fingerprint density at radius 3 is 2.21 bits per heavy atom. The summed E-state index contributed by atoms with van der Waals surface area (Å²) in [7, 11) is 5.64. The number of ether oxygens (including phenoxy) is 5. The average molecular weight is 477 g/mol. The summed E-state index contributed by atoms with van der Waals surface area (Å²) < 4.78 is 26.3. The molecule has 1 amide bonds. The average Bonchev–Trinajstić information content (AvgIpc) is 2.81. The Hall–Kier alpha value is -3.47. The molecule has 0 aliphatic carbocycles. The third-order valence-corrected chi connectivity index (χ3v) is 5.94. The molecule has 0 unspecified atom stereocenters. The lowest BCUT2D eigenvalue weighted by Gasteiger charge is -2.38. The van der Waals surface area contributed by atoms with E-state index in [1.54, 1.807) is 26.0 Å². The number of nitrogens with zero attached hydrogens (tertiary/aromatic N) is 2. The maximum atomic E-state index is 13.2. The fourth-order valence-electron chi connectivity index (χ4n) is 3.54. The van der Waals surface area contributed by atoms with Crippen LogP contribution in [-0.2, 0) is 23.9 Å². The van der Waals surface area contributed by atoms with Gasteiger partial charge in [0, 0.05) is 6.08 Å². The molecule has 1 aromatic carbocycles. The summed E-state index contributed by atoms with van der Waals surface area (Å²) in [4.78, 5) is 44.0. The van der Waals surface area contributed by atoms with Gasteiger partial charge in [-0.25, -0.2) is 14.6 Å². The number of esters is 2. The molecule has 3 rings (SSSR count). The number of hydrogen-bond acceptors (Lipinski definition) is 10. The lowest BCUT2D eigenvalue weighted by atomic mass is 9.93. The summed E-state index contributed by atoms with van der Waals surface area (Å²) in [6, 6.07) is 2.39. The van der Waals surface area contributed by atoms with E-state index in [2.05, 4.69) is 4.99 Å². The quantitative estimate of drug-likeness (QED) is 0.548. The van der Waals surface area contributed by atoms with Crippen LogP contribution < -0.4 is 14.2 Å². The Kier molecular flexibility index (Phi) is 7.32. The molecule has 0 saturated heterocycles. The first-order valence-electron chi connectivity index (χ1n) is 9.88. The van der Waals surface area contributed by atoms with E-state index in [9.17, 15) is 14.4 Å². The number of thioether (sulfide) groups is 1. The van der Waals surface area contributed by atoms with Crippen LogP contribution in [0.1, 0.15) is 25.5 Å². The van der Waals surface area contributed by atoms with Crippen LogP contribution in [0.15, 0.2) is 39.4 Å². The number of amides is 1. The van der Waals surface area contributed by atoms with Gasteiger partial charge < -0.3 is 23.7 Å². The summed E-state index contributed by atoms with van der Waals surface area (Å²) in [5.41, 5.74) is 1.03. The summed E-state index contributed by atoms with van der Waals surface area (Å²) >= 11 is 0.977. The van der Waals surface area contributed by atoms with Gasteiger partial charge in [0.25, 0.3) is 5.91 Å². The predicted molar refractivity (Wildman–Crippen MR) is 120 cm³/mol. The molecule has 2 aliphatic heterocycles. The zero-order valence-electron chi connectivity index (χ0n) is 19.1. The minimum absolute atomic E-state index is 0.0912. The van der Waals surface area contributed by atoms with Crippen LogP contribution in [-0.4, -0.2) is 63.0 Å². The number of benzene rings is 1. The highest BCUT2D eigenvalue weighted by Crippen LogP contribution is 2.46. The van der Waals surface area contributed by atoms with E-state index >= 15 is 0 Å². The largest absolute Gasteiger partial charge is 0.493 e. The van der Waals surface area contributed by atoms with E-state index in [1.165, 1.54) is 33.3 Å². The molecule has 0 aromatic heterocycles. The standard InChI is InChI=1S/C22H24N2O8S/c1-7-32-21(27)17-11(2)23-22-24(16(25)10-15(33-22)20(26)31-6)18(17)12-8-13(28-3)19(30-5)14(9-12)29-4/h8-10,18H,7H2,1-6H3/t18-/m0/s1. The van der Waals surface area contributed by atoms with Crippen molar-refractivity contribution in [2.45, 2.75) is 19.9 Å². The molecule has 0 fully saturated rings. The zero-order valence-corrected chi connectivity index (χ0v) is 19.9. The Bertz CT molecular complexity index is 1070. The Morgan fingerprint density at radius 1 is 1.06 bits per heavy atom. The van der Waals surface area contributed by atoms with Crippen molar-refractivity contribution in [3.8, 4) is 17.2 Å². The third-order valence-electron chi connectivity index (χ3n) is 4.97. The number of methoxy groups -OCH3 is 4. The number of allylic oxidation sites excluding steroid dienone is 1. The minimum Gasteiger partial charge on any atom is -0.493 e. The molecular weight excluding hydrogens is 452 g/mol. The second-order valence-corrected chi connectivity index (χ2v) is 7.79. The Balaban J connectivity index is 2.25. The van der Waals surface area contributed by atoms with Gasteiger partial charge in [-0.15, -0.1) is 0 Å². The number of aliphatic imine (C=N–C) groups is 1. The van der Waals surface area contributed by atoms with E-state index in [4.69, 9.17) is 23.7 Å². The molecule has 0 saturated carbocycles. The molecule has 11 heteroatoms. The first-order valence-corrected chi connectivity index (χ1v) is 10.7. The first-order chi connectivity index (χ1) is 15.8. The molecule has 0 spiro atoms. The van der Waals surface area contributed by atoms with Crippen molar-refractivity contribution < 1.29 is 38.1 Å². The number of carbonyl (C=O) groups is 3. The zero-order chi connectivity index (χ0) is 24.3.